The van der Waals surface area contributed by atoms with Crippen LogP contribution in [0.4, 0.5) is 5.69 Å². The normalized spacial score (nSPS) is 10.3. The van der Waals surface area contributed by atoms with Crippen LogP contribution in [0.15, 0.2) is 23.6 Å². The molecule has 0 radical (unpaired) electrons. The first kappa shape index (κ1) is 14.5. The van der Waals surface area contributed by atoms with Crippen LogP contribution in [0.2, 0.25) is 5.02 Å². The van der Waals surface area contributed by atoms with Crippen LogP contribution in [0, 0.1) is 6.92 Å². The van der Waals surface area contributed by atoms with Crippen molar-refractivity contribution in [1.82, 2.24) is 4.98 Å². The average Bonchev–Trinajstić information content (AvgIpc) is 2.82. The predicted octanol–water partition coefficient (Wildman–Crippen LogP) is 2.98. The molecule has 5 nitrogen and oxygen atoms in total. The molecule has 0 spiro atoms. The van der Waals surface area contributed by atoms with Crippen LogP contribution in [0.25, 0.3) is 0 Å². The Morgan fingerprint density at radius 3 is 2.85 bits per heavy atom. The van der Waals surface area contributed by atoms with E-state index in [0.29, 0.717) is 15.7 Å². The lowest BCUT2D eigenvalue weighted by atomic mass is 10.2. The van der Waals surface area contributed by atoms with Gasteiger partial charge in [-0.2, -0.15) is 0 Å². The number of halogens is 1. The summed E-state index contributed by atoms with van der Waals surface area (Å²) in [5.74, 6) is -1.36. The number of benzene rings is 1. The topological polar surface area (TPSA) is 79.3 Å². The summed E-state index contributed by atoms with van der Waals surface area (Å²) in [7, 11) is 0. The highest BCUT2D eigenvalue weighted by atomic mass is 35.5. The molecule has 20 heavy (non-hydrogen) atoms. The Balaban J connectivity index is 2.05. The van der Waals surface area contributed by atoms with Crippen molar-refractivity contribution in [3.63, 3.8) is 0 Å². The third-order valence-corrected chi connectivity index (χ3v) is 3.64. The summed E-state index contributed by atoms with van der Waals surface area (Å²) in [6, 6.07) is 5.22. The molecule has 1 amide bonds. The zero-order valence-corrected chi connectivity index (χ0v) is 12.1. The van der Waals surface area contributed by atoms with Crippen LogP contribution < -0.4 is 5.32 Å². The zero-order chi connectivity index (χ0) is 14.7. The third kappa shape index (κ3) is 3.55. The molecule has 0 fully saturated rings. The number of aromatic nitrogens is 1. The highest BCUT2D eigenvalue weighted by Gasteiger charge is 2.12. The first-order valence-corrected chi connectivity index (χ1v) is 6.95. The van der Waals surface area contributed by atoms with Crippen molar-refractivity contribution < 1.29 is 14.7 Å². The molecule has 2 N–H and O–H groups in total. The van der Waals surface area contributed by atoms with Crippen molar-refractivity contribution in [3.8, 4) is 0 Å². The van der Waals surface area contributed by atoms with Crippen molar-refractivity contribution in [3.05, 3.63) is 44.9 Å². The van der Waals surface area contributed by atoms with Gasteiger partial charge < -0.3 is 10.4 Å². The van der Waals surface area contributed by atoms with Crippen molar-refractivity contribution in [1.29, 1.82) is 0 Å². The average molecular weight is 311 g/mol. The number of carboxylic acid groups (broad SMARTS) is 1. The number of rotatable bonds is 4. The molecule has 0 bridgehead atoms. The zero-order valence-electron chi connectivity index (χ0n) is 10.5. The minimum absolute atomic E-state index is 0.0316. The van der Waals surface area contributed by atoms with Crippen LogP contribution in [0.1, 0.15) is 21.1 Å². The second kappa shape index (κ2) is 6.02. The van der Waals surface area contributed by atoms with Gasteiger partial charge in [-0.1, -0.05) is 17.7 Å². The van der Waals surface area contributed by atoms with Gasteiger partial charge in [0.05, 0.1) is 6.42 Å². The fourth-order valence-electron chi connectivity index (χ4n) is 1.55. The molecule has 0 aliphatic rings. The van der Waals surface area contributed by atoms with E-state index in [1.807, 2.05) is 13.0 Å². The Morgan fingerprint density at radius 2 is 2.20 bits per heavy atom. The van der Waals surface area contributed by atoms with Crippen LogP contribution in [0.3, 0.4) is 0 Å². The molecule has 1 aromatic carbocycles. The number of nitrogens with zero attached hydrogens (tertiary/aromatic N) is 1. The summed E-state index contributed by atoms with van der Waals surface area (Å²) in [6.45, 7) is 1.86. The van der Waals surface area contributed by atoms with Crippen molar-refractivity contribution >= 4 is 40.5 Å². The summed E-state index contributed by atoms with van der Waals surface area (Å²) >= 11 is 7.02. The van der Waals surface area contributed by atoms with Crippen LogP contribution >= 0.6 is 22.9 Å². The smallest absolute Gasteiger partial charge is 0.355 e. The molecule has 104 valence electrons. The minimum atomic E-state index is -1.10. The fourth-order valence-corrected chi connectivity index (χ4v) is 2.49. The number of carboxylic acids is 1. The molecule has 0 aliphatic carbocycles. The Bertz CT molecular complexity index is 669. The van der Waals surface area contributed by atoms with E-state index < -0.39 is 5.97 Å². The second-order valence-electron chi connectivity index (χ2n) is 4.12. The molecule has 2 rings (SSSR count). The number of hydrogen-bond donors (Lipinski definition) is 2. The second-order valence-corrected chi connectivity index (χ2v) is 5.49. The SMILES string of the molecule is Cc1ccc(Cl)cc1NC(=O)Cc1nc(C(=O)O)cs1. The van der Waals surface area contributed by atoms with E-state index in [0.717, 1.165) is 16.9 Å². The van der Waals surface area contributed by atoms with E-state index in [2.05, 4.69) is 10.3 Å². The molecule has 0 unspecified atom stereocenters. The molecule has 0 atom stereocenters. The maximum atomic E-state index is 11.9. The van der Waals surface area contributed by atoms with Gasteiger partial charge in [0.15, 0.2) is 5.69 Å². The first-order chi connectivity index (χ1) is 9.45. The van der Waals surface area contributed by atoms with E-state index in [-0.39, 0.29) is 18.0 Å². The lowest BCUT2D eigenvalue weighted by molar-refractivity contribution is -0.115. The van der Waals surface area contributed by atoms with Gasteiger partial charge in [0.2, 0.25) is 5.91 Å². The Kier molecular flexibility index (Phi) is 4.36. The minimum Gasteiger partial charge on any atom is -0.476 e. The largest absolute Gasteiger partial charge is 0.476 e. The first-order valence-electron chi connectivity index (χ1n) is 5.69. The molecular weight excluding hydrogens is 300 g/mol. The molecule has 0 saturated carbocycles. The third-order valence-electron chi connectivity index (χ3n) is 2.56. The molecule has 0 saturated heterocycles. The maximum Gasteiger partial charge on any atom is 0.355 e. The monoisotopic (exact) mass is 310 g/mol. The number of amides is 1. The van der Waals surface area contributed by atoms with Crippen molar-refractivity contribution in [2.24, 2.45) is 0 Å². The number of nitrogens with one attached hydrogen (secondary N) is 1. The molecule has 0 aliphatic heterocycles. The van der Waals surface area contributed by atoms with E-state index in [4.69, 9.17) is 16.7 Å². The highest BCUT2D eigenvalue weighted by Crippen LogP contribution is 2.20. The summed E-state index contributed by atoms with van der Waals surface area (Å²) in [6.07, 6.45) is 0.0316. The van der Waals surface area contributed by atoms with Gasteiger partial charge >= 0.3 is 5.97 Å². The summed E-state index contributed by atoms with van der Waals surface area (Å²) in [4.78, 5) is 26.5. The van der Waals surface area contributed by atoms with E-state index in [1.165, 1.54) is 5.38 Å². The molecular formula is C13H11ClN2O3S. The van der Waals surface area contributed by atoms with Crippen LogP contribution in [-0.4, -0.2) is 22.0 Å². The number of thiazole rings is 1. The summed E-state index contributed by atoms with van der Waals surface area (Å²) in [5.41, 5.74) is 1.49. The van der Waals surface area contributed by atoms with Crippen LogP contribution in [-0.2, 0) is 11.2 Å². The summed E-state index contributed by atoms with van der Waals surface area (Å²) in [5, 5.41) is 13.9. The van der Waals surface area contributed by atoms with Gasteiger partial charge in [0.25, 0.3) is 0 Å². The Hall–Kier alpha value is -1.92. The van der Waals surface area contributed by atoms with E-state index in [9.17, 15) is 9.59 Å². The van der Waals surface area contributed by atoms with Crippen LogP contribution in [0.5, 0.6) is 0 Å². The highest BCUT2D eigenvalue weighted by molar-refractivity contribution is 7.09. The predicted molar refractivity (Wildman–Crippen MR) is 77.6 cm³/mol. The quantitative estimate of drug-likeness (QED) is 0.910. The number of carbonyl (C=O) groups is 2. The van der Waals surface area contributed by atoms with Gasteiger partial charge in [-0.25, -0.2) is 9.78 Å². The number of hydrogen-bond acceptors (Lipinski definition) is 4. The standard InChI is InChI=1S/C13H11ClN2O3S/c1-7-2-3-8(14)4-9(7)15-11(17)5-12-16-10(6-20-12)13(18)19/h2-4,6H,5H2,1H3,(H,15,17)(H,18,19). The number of anilines is 1. The van der Waals surface area contributed by atoms with Gasteiger partial charge in [0, 0.05) is 16.1 Å². The number of aryl methyl sites for hydroxylation is 1. The molecule has 1 heterocycles. The van der Waals surface area contributed by atoms with E-state index >= 15 is 0 Å². The maximum absolute atomic E-state index is 11.9. The van der Waals surface area contributed by atoms with E-state index in [1.54, 1.807) is 12.1 Å². The summed E-state index contributed by atoms with van der Waals surface area (Å²) < 4.78 is 0. The van der Waals surface area contributed by atoms with Crippen molar-refractivity contribution in [2.45, 2.75) is 13.3 Å². The van der Waals surface area contributed by atoms with Crippen molar-refractivity contribution in [2.75, 3.05) is 5.32 Å². The number of carbonyl (C=O) groups excluding carboxylic acids is 1. The lowest BCUT2D eigenvalue weighted by Gasteiger charge is -2.07. The van der Waals surface area contributed by atoms with Gasteiger partial charge in [-0.3, -0.25) is 4.79 Å². The number of aromatic carboxylic acids is 1. The molecule has 2 aromatic rings. The molecule has 7 heteroatoms. The van der Waals surface area contributed by atoms with Gasteiger partial charge in [-0.15, -0.1) is 11.3 Å². The Morgan fingerprint density at radius 1 is 1.45 bits per heavy atom. The van der Waals surface area contributed by atoms with Gasteiger partial charge in [0.1, 0.15) is 5.01 Å². The lowest BCUT2D eigenvalue weighted by Crippen LogP contribution is -2.15. The fraction of sp³-hybridized carbons (Fsp3) is 0.154. The Labute approximate surface area is 124 Å². The van der Waals surface area contributed by atoms with Gasteiger partial charge in [-0.05, 0) is 24.6 Å². The molecule has 1 aromatic heterocycles.